The van der Waals surface area contributed by atoms with Crippen LogP contribution < -0.4 is 10.0 Å². The minimum atomic E-state index is -3.80. The SMILES string of the molecule is CNc1nnc(Sc2ccc(S(=O)(=O)NC(C)C)cc2[N+](=O)[O-])s1. The van der Waals surface area contributed by atoms with Crippen molar-refractivity contribution in [2.45, 2.75) is 34.0 Å². The molecule has 12 heteroatoms. The topological polar surface area (TPSA) is 127 Å². The predicted octanol–water partition coefficient (Wildman–Crippen LogP) is 2.33. The number of hydrogen-bond acceptors (Lipinski definition) is 9. The van der Waals surface area contributed by atoms with E-state index in [1.54, 1.807) is 20.9 Å². The maximum atomic E-state index is 12.2. The van der Waals surface area contributed by atoms with Crippen molar-refractivity contribution in [1.29, 1.82) is 0 Å². The van der Waals surface area contributed by atoms with Crippen LogP contribution in [0.15, 0.2) is 32.3 Å². The standard InChI is InChI=1S/C12H15N5O4S3/c1-7(2)16-24(20,21)8-4-5-10(9(6-8)17(18)19)22-12-15-14-11(13-3)23-12/h4-7,16H,1-3H3,(H,13,14). The van der Waals surface area contributed by atoms with E-state index in [1.165, 1.54) is 23.5 Å². The van der Waals surface area contributed by atoms with E-state index in [0.717, 1.165) is 17.8 Å². The number of nitrogens with one attached hydrogen (secondary N) is 2. The summed E-state index contributed by atoms with van der Waals surface area (Å²) < 4.78 is 27.2. The molecular weight excluding hydrogens is 374 g/mol. The second-order valence-corrected chi connectivity index (χ2v) is 8.87. The highest BCUT2D eigenvalue weighted by atomic mass is 32.2. The van der Waals surface area contributed by atoms with Gasteiger partial charge in [-0.3, -0.25) is 10.1 Å². The summed E-state index contributed by atoms with van der Waals surface area (Å²) in [6.45, 7) is 3.34. The lowest BCUT2D eigenvalue weighted by Gasteiger charge is -2.10. The van der Waals surface area contributed by atoms with Gasteiger partial charge in [0.05, 0.1) is 14.7 Å². The molecule has 0 spiro atoms. The summed E-state index contributed by atoms with van der Waals surface area (Å²) in [6.07, 6.45) is 0. The van der Waals surface area contributed by atoms with Gasteiger partial charge < -0.3 is 5.32 Å². The quantitative estimate of drug-likeness (QED) is 0.545. The van der Waals surface area contributed by atoms with Crippen molar-refractivity contribution < 1.29 is 13.3 Å². The van der Waals surface area contributed by atoms with Crippen molar-refractivity contribution in [3.05, 3.63) is 28.3 Å². The number of sulfonamides is 1. The van der Waals surface area contributed by atoms with Crippen molar-refractivity contribution in [1.82, 2.24) is 14.9 Å². The van der Waals surface area contributed by atoms with Crippen molar-refractivity contribution in [2.24, 2.45) is 0 Å². The summed E-state index contributed by atoms with van der Waals surface area (Å²) in [5, 5.41) is 22.5. The Morgan fingerprint density at radius 3 is 2.58 bits per heavy atom. The predicted molar refractivity (Wildman–Crippen MR) is 92.1 cm³/mol. The van der Waals surface area contributed by atoms with E-state index in [-0.39, 0.29) is 16.6 Å². The Morgan fingerprint density at radius 2 is 2.04 bits per heavy atom. The van der Waals surface area contributed by atoms with E-state index in [1.807, 2.05) is 0 Å². The van der Waals surface area contributed by atoms with Crippen LogP contribution in [0.1, 0.15) is 13.8 Å². The molecule has 0 saturated heterocycles. The molecule has 0 aliphatic carbocycles. The average Bonchev–Trinajstić information content (AvgIpc) is 2.93. The van der Waals surface area contributed by atoms with Crippen LogP contribution in [0.4, 0.5) is 10.8 Å². The van der Waals surface area contributed by atoms with Gasteiger partial charge in [-0.25, -0.2) is 13.1 Å². The lowest BCUT2D eigenvalue weighted by atomic mass is 10.3. The van der Waals surface area contributed by atoms with Gasteiger partial charge in [0.15, 0.2) is 4.34 Å². The Labute approximate surface area is 147 Å². The zero-order valence-corrected chi connectivity index (χ0v) is 15.5. The van der Waals surface area contributed by atoms with Crippen LogP contribution >= 0.6 is 23.1 Å². The van der Waals surface area contributed by atoms with Crippen LogP contribution in [0, 0.1) is 10.1 Å². The summed E-state index contributed by atoms with van der Waals surface area (Å²) in [4.78, 5) is 10.8. The molecule has 0 radical (unpaired) electrons. The molecule has 2 rings (SSSR count). The van der Waals surface area contributed by atoms with E-state index in [9.17, 15) is 18.5 Å². The molecule has 1 aromatic heterocycles. The molecule has 0 atom stereocenters. The second kappa shape index (κ2) is 7.42. The zero-order valence-electron chi connectivity index (χ0n) is 13.0. The molecular formula is C12H15N5O4S3. The molecule has 0 unspecified atom stereocenters. The first kappa shape index (κ1) is 18.6. The molecule has 9 nitrogen and oxygen atoms in total. The summed E-state index contributed by atoms with van der Waals surface area (Å²) in [5.41, 5.74) is -0.298. The fraction of sp³-hybridized carbons (Fsp3) is 0.333. The number of aromatic nitrogens is 2. The van der Waals surface area contributed by atoms with E-state index < -0.39 is 14.9 Å². The van der Waals surface area contributed by atoms with Gasteiger partial charge in [0.2, 0.25) is 15.2 Å². The third-order valence-electron chi connectivity index (χ3n) is 2.65. The molecule has 0 fully saturated rings. The third kappa shape index (κ3) is 4.41. The van der Waals surface area contributed by atoms with Gasteiger partial charge in [-0.15, -0.1) is 10.2 Å². The Morgan fingerprint density at radius 1 is 1.33 bits per heavy atom. The second-order valence-electron chi connectivity index (χ2n) is 4.89. The molecule has 130 valence electrons. The van der Waals surface area contributed by atoms with Crippen molar-refractivity contribution >= 4 is 43.9 Å². The van der Waals surface area contributed by atoms with Crippen molar-refractivity contribution in [3.8, 4) is 0 Å². The lowest BCUT2D eigenvalue weighted by Crippen LogP contribution is -2.30. The highest BCUT2D eigenvalue weighted by molar-refractivity contribution is 8.01. The minimum Gasteiger partial charge on any atom is -0.363 e. The molecule has 0 aliphatic heterocycles. The maximum absolute atomic E-state index is 12.2. The normalized spacial score (nSPS) is 11.7. The molecule has 0 amide bonds. The number of nitrogens with zero attached hydrogens (tertiary/aromatic N) is 3. The third-order valence-corrected chi connectivity index (χ3v) is 6.36. The first-order chi connectivity index (χ1) is 11.2. The Bertz CT molecular complexity index is 850. The van der Waals surface area contributed by atoms with Gasteiger partial charge in [0, 0.05) is 19.2 Å². The van der Waals surface area contributed by atoms with Gasteiger partial charge in [0.1, 0.15) is 0 Å². The van der Waals surface area contributed by atoms with Crippen molar-refractivity contribution in [3.63, 3.8) is 0 Å². The van der Waals surface area contributed by atoms with Gasteiger partial charge in [0.25, 0.3) is 5.69 Å². The monoisotopic (exact) mass is 389 g/mol. The van der Waals surface area contributed by atoms with Gasteiger partial charge in [-0.1, -0.05) is 11.3 Å². The summed E-state index contributed by atoms with van der Waals surface area (Å²) in [7, 11) is -2.11. The molecule has 0 aliphatic rings. The Hall–Kier alpha value is -1.76. The van der Waals surface area contributed by atoms with E-state index >= 15 is 0 Å². The average molecular weight is 389 g/mol. The molecule has 24 heavy (non-hydrogen) atoms. The van der Waals surface area contributed by atoms with Crippen LogP contribution in [0.2, 0.25) is 0 Å². The minimum absolute atomic E-state index is 0.152. The number of nitro groups is 1. The highest BCUT2D eigenvalue weighted by Crippen LogP contribution is 2.38. The van der Waals surface area contributed by atoms with Gasteiger partial charge >= 0.3 is 0 Å². The highest BCUT2D eigenvalue weighted by Gasteiger charge is 2.23. The first-order valence-corrected chi connectivity index (χ1v) is 9.84. The first-order valence-electron chi connectivity index (χ1n) is 6.73. The zero-order chi connectivity index (χ0) is 17.9. The molecule has 2 aromatic rings. The Kier molecular flexibility index (Phi) is 5.74. The van der Waals surface area contributed by atoms with E-state index in [0.29, 0.717) is 14.4 Å². The van der Waals surface area contributed by atoms with E-state index in [4.69, 9.17) is 0 Å². The number of anilines is 1. The summed E-state index contributed by atoms with van der Waals surface area (Å²) >= 11 is 2.30. The largest absolute Gasteiger partial charge is 0.363 e. The van der Waals surface area contributed by atoms with Crippen LogP contribution in [0.25, 0.3) is 0 Å². The van der Waals surface area contributed by atoms with Gasteiger partial charge in [-0.2, -0.15) is 0 Å². The smallest absolute Gasteiger partial charge is 0.284 e. The fourth-order valence-electron chi connectivity index (χ4n) is 1.72. The van der Waals surface area contributed by atoms with Crippen LogP contribution in [-0.4, -0.2) is 36.6 Å². The molecule has 1 heterocycles. The number of hydrogen-bond donors (Lipinski definition) is 2. The summed E-state index contributed by atoms with van der Waals surface area (Å²) in [5.74, 6) is 0. The maximum Gasteiger partial charge on any atom is 0.284 e. The number of benzene rings is 1. The lowest BCUT2D eigenvalue weighted by molar-refractivity contribution is -0.388. The Balaban J connectivity index is 2.38. The molecule has 0 saturated carbocycles. The van der Waals surface area contributed by atoms with Crippen LogP contribution in [-0.2, 0) is 10.0 Å². The van der Waals surface area contributed by atoms with E-state index in [2.05, 4.69) is 20.2 Å². The van der Waals surface area contributed by atoms with Gasteiger partial charge in [-0.05, 0) is 37.7 Å². The molecule has 0 bridgehead atoms. The number of nitro benzene ring substituents is 1. The molecule has 2 N–H and O–H groups in total. The molecule has 1 aromatic carbocycles. The summed E-state index contributed by atoms with van der Waals surface area (Å²) in [6, 6.07) is 3.47. The van der Waals surface area contributed by atoms with Crippen LogP contribution in [0.3, 0.4) is 0 Å². The van der Waals surface area contributed by atoms with Crippen molar-refractivity contribution in [2.75, 3.05) is 12.4 Å². The fourth-order valence-corrected chi connectivity index (χ4v) is 4.74. The van der Waals surface area contributed by atoms with Crippen LogP contribution in [0.5, 0.6) is 0 Å². The number of rotatable bonds is 7.